The number of benzene rings is 2. The molecule has 0 bridgehead atoms. The van der Waals surface area contributed by atoms with Crippen LogP contribution in [0.5, 0.6) is 0 Å². The maximum Gasteiger partial charge on any atom is 0.336 e. The summed E-state index contributed by atoms with van der Waals surface area (Å²) < 4.78 is 0. The number of carboxylic acids is 1. The lowest BCUT2D eigenvalue weighted by Gasteiger charge is -2.17. The molecule has 0 saturated heterocycles. The summed E-state index contributed by atoms with van der Waals surface area (Å²) in [6.45, 7) is 5.68. The Morgan fingerprint density at radius 3 is 2.36 bits per heavy atom. The van der Waals surface area contributed by atoms with Crippen LogP contribution in [0.25, 0.3) is 11.1 Å². The third-order valence-corrected chi connectivity index (χ3v) is 4.05. The van der Waals surface area contributed by atoms with Gasteiger partial charge in [0.15, 0.2) is 5.78 Å². The van der Waals surface area contributed by atoms with Crippen LogP contribution in [0.2, 0.25) is 0 Å². The van der Waals surface area contributed by atoms with Crippen LogP contribution < -0.4 is 0 Å². The van der Waals surface area contributed by atoms with Gasteiger partial charge in [-0.2, -0.15) is 0 Å². The highest BCUT2D eigenvalue weighted by atomic mass is 16.4. The van der Waals surface area contributed by atoms with Gasteiger partial charge in [-0.3, -0.25) is 4.79 Å². The van der Waals surface area contributed by atoms with Crippen LogP contribution >= 0.6 is 0 Å². The zero-order chi connectivity index (χ0) is 16.3. The van der Waals surface area contributed by atoms with Crippen molar-refractivity contribution in [2.75, 3.05) is 0 Å². The van der Waals surface area contributed by atoms with Gasteiger partial charge in [-0.15, -0.1) is 0 Å². The Hall–Kier alpha value is -2.42. The first-order chi connectivity index (χ1) is 10.5. The van der Waals surface area contributed by atoms with E-state index < -0.39 is 5.97 Å². The number of ketones is 1. The highest BCUT2D eigenvalue weighted by Gasteiger charge is 2.17. The van der Waals surface area contributed by atoms with Gasteiger partial charge in [-0.05, 0) is 42.0 Å². The molecule has 22 heavy (non-hydrogen) atoms. The van der Waals surface area contributed by atoms with Gasteiger partial charge in [0.25, 0.3) is 0 Å². The molecule has 0 aromatic heterocycles. The van der Waals surface area contributed by atoms with Gasteiger partial charge in [0, 0.05) is 5.56 Å². The summed E-state index contributed by atoms with van der Waals surface area (Å²) in [5, 5.41) is 9.51. The van der Waals surface area contributed by atoms with Crippen molar-refractivity contribution in [3.63, 3.8) is 0 Å². The summed E-state index contributed by atoms with van der Waals surface area (Å²) >= 11 is 0. The minimum absolute atomic E-state index is 0.135. The van der Waals surface area contributed by atoms with Gasteiger partial charge >= 0.3 is 5.97 Å². The van der Waals surface area contributed by atoms with Crippen molar-refractivity contribution >= 4 is 11.8 Å². The fourth-order valence-electron chi connectivity index (χ4n) is 2.57. The van der Waals surface area contributed by atoms with E-state index in [1.807, 2.05) is 24.3 Å². The van der Waals surface area contributed by atoms with Crippen LogP contribution in [-0.2, 0) is 0 Å². The molecule has 2 aromatic carbocycles. The molecule has 1 N–H and O–H groups in total. The highest BCUT2D eigenvalue weighted by Crippen LogP contribution is 2.33. The molecule has 2 rings (SSSR count). The van der Waals surface area contributed by atoms with Gasteiger partial charge in [0.1, 0.15) is 0 Å². The number of carboxylic acid groups (broad SMARTS) is 1. The van der Waals surface area contributed by atoms with E-state index in [-0.39, 0.29) is 11.3 Å². The normalized spacial score (nSPS) is 12.0. The summed E-state index contributed by atoms with van der Waals surface area (Å²) in [4.78, 5) is 23.1. The number of Topliss-reactive ketones (excluding diaryl/α,β-unsaturated/α-hetero) is 1. The molecule has 0 aliphatic rings. The van der Waals surface area contributed by atoms with Crippen LogP contribution in [0.15, 0.2) is 42.5 Å². The highest BCUT2D eigenvalue weighted by molar-refractivity contribution is 6.01. The number of rotatable bonds is 5. The molecular weight excluding hydrogens is 276 g/mol. The molecule has 0 amide bonds. The largest absolute Gasteiger partial charge is 0.478 e. The van der Waals surface area contributed by atoms with Crippen LogP contribution in [0.3, 0.4) is 0 Å². The van der Waals surface area contributed by atoms with Crippen molar-refractivity contribution in [2.45, 2.75) is 33.1 Å². The van der Waals surface area contributed by atoms with Crippen LogP contribution in [0.4, 0.5) is 0 Å². The monoisotopic (exact) mass is 296 g/mol. The lowest BCUT2D eigenvalue weighted by Crippen LogP contribution is -2.05. The molecule has 0 spiro atoms. The van der Waals surface area contributed by atoms with E-state index in [0.29, 0.717) is 17.0 Å². The van der Waals surface area contributed by atoms with Crippen LogP contribution in [0.1, 0.15) is 59.4 Å². The molecule has 0 aliphatic heterocycles. The van der Waals surface area contributed by atoms with E-state index in [4.69, 9.17) is 0 Å². The van der Waals surface area contributed by atoms with E-state index >= 15 is 0 Å². The fourth-order valence-corrected chi connectivity index (χ4v) is 2.57. The van der Waals surface area contributed by atoms with Crippen molar-refractivity contribution in [3.05, 3.63) is 59.2 Å². The average molecular weight is 296 g/mol. The predicted molar refractivity (Wildman–Crippen MR) is 87.5 cm³/mol. The zero-order valence-electron chi connectivity index (χ0n) is 13.1. The summed E-state index contributed by atoms with van der Waals surface area (Å²) in [6, 6.07) is 12.7. The molecule has 0 fully saturated rings. The minimum atomic E-state index is -1.02. The van der Waals surface area contributed by atoms with E-state index in [1.165, 1.54) is 13.0 Å². The Balaban J connectivity index is 2.68. The minimum Gasteiger partial charge on any atom is -0.478 e. The lowest BCUT2D eigenvalue weighted by molar-refractivity contribution is 0.0697. The van der Waals surface area contributed by atoms with Gasteiger partial charge in [-0.25, -0.2) is 4.79 Å². The second kappa shape index (κ2) is 6.56. The summed E-state index contributed by atoms with van der Waals surface area (Å²) in [6.07, 6.45) is 0.977. The van der Waals surface area contributed by atoms with Crippen molar-refractivity contribution in [2.24, 2.45) is 0 Å². The summed E-state index contributed by atoms with van der Waals surface area (Å²) in [7, 11) is 0. The standard InChI is InChI=1S/C19H20O3/c1-4-12(2)15-7-5-6-8-16(15)17-10-9-14(13(3)20)11-18(17)19(21)22/h5-12H,4H2,1-3H3,(H,21,22). The van der Waals surface area contributed by atoms with E-state index in [9.17, 15) is 14.7 Å². The molecule has 0 heterocycles. The molecule has 2 aromatic rings. The molecule has 3 heteroatoms. The topological polar surface area (TPSA) is 54.4 Å². The molecule has 3 nitrogen and oxygen atoms in total. The predicted octanol–water partition coefficient (Wildman–Crippen LogP) is 4.77. The SMILES string of the molecule is CCC(C)c1ccccc1-c1ccc(C(C)=O)cc1C(=O)O. The van der Waals surface area contributed by atoms with E-state index in [2.05, 4.69) is 13.8 Å². The smallest absolute Gasteiger partial charge is 0.336 e. The molecule has 0 saturated carbocycles. The number of carbonyl (C=O) groups is 2. The molecule has 1 atom stereocenters. The first kappa shape index (κ1) is 16.0. The molecular formula is C19H20O3. The number of carbonyl (C=O) groups excluding carboxylic acids is 1. The number of hydrogen-bond acceptors (Lipinski definition) is 2. The molecule has 1 unspecified atom stereocenters. The van der Waals surface area contributed by atoms with E-state index in [0.717, 1.165) is 17.5 Å². The molecule has 0 aliphatic carbocycles. The lowest BCUT2D eigenvalue weighted by atomic mass is 9.87. The average Bonchev–Trinajstić information content (AvgIpc) is 2.53. The van der Waals surface area contributed by atoms with Crippen LogP contribution in [-0.4, -0.2) is 16.9 Å². The number of hydrogen-bond donors (Lipinski definition) is 1. The van der Waals surface area contributed by atoms with Crippen molar-refractivity contribution in [1.29, 1.82) is 0 Å². The maximum atomic E-state index is 11.6. The van der Waals surface area contributed by atoms with Crippen molar-refractivity contribution in [3.8, 4) is 11.1 Å². The Morgan fingerprint density at radius 2 is 1.77 bits per heavy atom. The third kappa shape index (κ3) is 3.08. The van der Waals surface area contributed by atoms with Gasteiger partial charge in [0.05, 0.1) is 5.56 Å². The quantitative estimate of drug-likeness (QED) is 0.809. The first-order valence-corrected chi connectivity index (χ1v) is 7.43. The fraction of sp³-hybridized carbons (Fsp3) is 0.263. The van der Waals surface area contributed by atoms with E-state index in [1.54, 1.807) is 12.1 Å². The second-order valence-electron chi connectivity index (χ2n) is 5.52. The Labute approximate surface area is 130 Å². The third-order valence-electron chi connectivity index (χ3n) is 4.05. The van der Waals surface area contributed by atoms with Crippen molar-refractivity contribution < 1.29 is 14.7 Å². The zero-order valence-corrected chi connectivity index (χ0v) is 13.1. The number of aromatic carboxylic acids is 1. The Bertz CT molecular complexity index is 716. The summed E-state index contributed by atoms with van der Waals surface area (Å²) in [5.41, 5.74) is 3.30. The summed E-state index contributed by atoms with van der Waals surface area (Å²) in [5.74, 6) is -0.813. The van der Waals surface area contributed by atoms with Gasteiger partial charge in [0.2, 0.25) is 0 Å². The van der Waals surface area contributed by atoms with Crippen molar-refractivity contribution in [1.82, 2.24) is 0 Å². The Kier molecular flexibility index (Phi) is 4.76. The van der Waals surface area contributed by atoms with Gasteiger partial charge in [-0.1, -0.05) is 50.2 Å². The molecule has 114 valence electrons. The Morgan fingerprint density at radius 1 is 1.09 bits per heavy atom. The second-order valence-corrected chi connectivity index (χ2v) is 5.52. The molecule has 0 radical (unpaired) electrons. The van der Waals surface area contributed by atoms with Crippen LogP contribution in [0, 0.1) is 0 Å². The van der Waals surface area contributed by atoms with Gasteiger partial charge < -0.3 is 5.11 Å². The maximum absolute atomic E-state index is 11.6. The first-order valence-electron chi connectivity index (χ1n) is 7.43.